The summed E-state index contributed by atoms with van der Waals surface area (Å²) < 4.78 is 37.4. The fourth-order valence-corrected chi connectivity index (χ4v) is 1.87. The second-order valence-electron chi connectivity index (χ2n) is 4.22. The fraction of sp³-hybridized carbons (Fsp3) is 0.231. The summed E-state index contributed by atoms with van der Waals surface area (Å²) in [7, 11) is 0. The maximum absolute atomic E-state index is 12.5. The van der Waals surface area contributed by atoms with Crippen LogP contribution in [0.5, 0.6) is 0 Å². The van der Waals surface area contributed by atoms with Crippen LogP contribution in [0.25, 0.3) is 11.3 Å². The monoisotopic (exact) mass is 284 g/mol. The van der Waals surface area contributed by atoms with Crippen LogP contribution in [0, 0.1) is 0 Å². The van der Waals surface area contributed by atoms with E-state index >= 15 is 0 Å². The molecule has 0 unspecified atom stereocenters. The lowest BCUT2D eigenvalue weighted by molar-refractivity contribution is -0.137. The van der Waals surface area contributed by atoms with Crippen LogP contribution in [0.3, 0.4) is 0 Å². The number of carbonyl (C=O) groups is 1. The number of Topliss-reactive ketones (excluding diaryl/α,β-unsaturated/α-hetero) is 1. The van der Waals surface area contributed by atoms with Gasteiger partial charge in [0.1, 0.15) is 5.69 Å². The highest BCUT2D eigenvalue weighted by Gasteiger charge is 2.30. The maximum atomic E-state index is 12.5. The standard InChI is InChI=1S/C13H11F3N2O2/c1-7(20)11-10(6-19)12(18-17-11)8-2-4-9(5-3-8)13(14,15)16/h2-5,19H,6H2,1H3,(H,17,18). The van der Waals surface area contributed by atoms with Crippen LogP contribution in [0.2, 0.25) is 0 Å². The van der Waals surface area contributed by atoms with Crippen molar-refractivity contribution in [3.05, 3.63) is 41.1 Å². The van der Waals surface area contributed by atoms with Crippen LogP contribution in [-0.4, -0.2) is 21.1 Å². The van der Waals surface area contributed by atoms with Gasteiger partial charge in [0.15, 0.2) is 5.78 Å². The minimum absolute atomic E-state index is 0.155. The summed E-state index contributed by atoms with van der Waals surface area (Å²) in [5, 5.41) is 15.7. The Kier molecular flexibility index (Phi) is 3.63. The van der Waals surface area contributed by atoms with Gasteiger partial charge in [0.2, 0.25) is 0 Å². The molecular formula is C13H11F3N2O2. The highest BCUT2D eigenvalue weighted by molar-refractivity contribution is 5.95. The van der Waals surface area contributed by atoms with Crippen molar-refractivity contribution in [1.82, 2.24) is 10.2 Å². The quantitative estimate of drug-likeness (QED) is 0.852. The Morgan fingerprint density at radius 1 is 1.30 bits per heavy atom. The number of aromatic amines is 1. The first kappa shape index (κ1) is 14.3. The maximum Gasteiger partial charge on any atom is 0.416 e. The SMILES string of the molecule is CC(=O)c1[nH]nc(-c2ccc(C(F)(F)F)cc2)c1CO. The lowest BCUT2D eigenvalue weighted by Gasteiger charge is -2.07. The van der Waals surface area contributed by atoms with Crippen LogP contribution in [0.4, 0.5) is 13.2 Å². The smallest absolute Gasteiger partial charge is 0.392 e. The van der Waals surface area contributed by atoms with Crippen molar-refractivity contribution < 1.29 is 23.1 Å². The summed E-state index contributed by atoms with van der Waals surface area (Å²) in [5.74, 6) is -0.306. The van der Waals surface area contributed by atoms with E-state index in [1.807, 2.05) is 0 Å². The molecule has 0 aliphatic rings. The average molecular weight is 284 g/mol. The first-order valence-corrected chi connectivity index (χ1v) is 5.71. The summed E-state index contributed by atoms with van der Waals surface area (Å²) in [6.07, 6.45) is -4.41. The molecule has 1 aromatic carbocycles. The molecule has 0 atom stereocenters. The molecule has 0 saturated carbocycles. The van der Waals surface area contributed by atoms with Crippen LogP contribution in [0.15, 0.2) is 24.3 Å². The van der Waals surface area contributed by atoms with Gasteiger partial charge in [-0.2, -0.15) is 18.3 Å². The van der Waals surface area contributed by atoms with Gasteiger partial charge in [-0.15, -0.1) is 0 Å². The molecule has 0 fully saturated rings. The molecule has 7 heteroatoms. The molecule has 0 aliphatic carbocycles. The van der Waals surface area contributed by atoms with Gasteiger partial charge in [-0.05, 0) is 12.1 Å². The summed E-state index contributed by atoms with van der Waals surface area (Å²) in [6.45, 7) is 0.880. The van der Waals surface area contributed by atoms with E-state index < -0.39 is 18.3 Å². The van der Waals surface area contributed by atoms with Crippen molar-refractivity contribution in [2.45, 2.75) is 19.7 Å². The van der Waals surface area contributed by atoms with Gasteiger partial charge in [0.25, 0.3) is 0 Å². The van der Waals surface area contributed by atoms with E-state index in [1.54, 1.807) is 0 Å². The Morgan fingerprint density at radius 3 is 2.35 bits per heavy atom. The van der Waals surface area contributed by atoms with Gasteiger partial charge in [-0.1, -0.05) is 12.1 Å². The van der Waals surface area contributed by atoms with Crippen molar-refractivity contribution in [1.29, 1.82) is 0 Å². The van der Waals surface area contributed by atoms with Gasteiger partial charge in [0.05, 0.1) is 17.9 Å². The number of aliphatic hydroxyl groups excluding tert-OH is 1. The van der Waals surface area contributed by atoms with Crippen LogP contribution < -0.4 is 0 Å². The average Bonchev–Trinajstić information content (AvgIpc) is 2.81. The minimum atomic E-state index is -4.41. The lowest BCUT2D eigenvalue weighted by Crippen LogP contribution is -2.04. The molecule has 2 rings (SSSR count). The minimum Gasteiger partial charge on any atom is -0.392 e. The number of nitrogens with zero attached hydrogens (tertiary/aromatic N) is 1. The number of H-pyrrole nitrogens is 1. The van der Waals surface area contributed by atoms with Crippen molar-refractivity contribution >= 4 is 5.78 Å². The zero-order valence-corrected chi connectivity index (χ0v) is 10.5. The predicted octanol–water partition coefficient (Wildman–Crippen LogP) is 2.79. The largest absolute Gasteiger partial charge is 0.416 e. The second kappa shape index (κ2) is 5.09. The summed E-state index contributed by atoms with van der Waals surface area (Å²) in [4.78, 5) is 11.3. The normalized spacial score (nSPS) is 11.7. The molecule has 1 heterocycles. The van der Waals surface area contributed by atoms with Gasteiger partial charge in [-0.25, -0.2) is 0 Å². The predicted molar refractivity (Wildman–Crippen MR) is 65.0 cm³/mol. The topological polar surface area (TPSA) is 66.0 Å². The Labute approximate surface area is 112 Å². The molecule has 106 valence electrons. The molecular weight excluding hydrogens is 273 g/mol. The number of halogens is 3. The van der Waals surface area contributed by atoms with Crippen molar-refractivity contribution in [2.75, 3.05) is 0 Å². The Bertz CT molecular complexity index is 630. The number of alkyl halides is 3. The van der Waals surface area contributed by atoms with E-state index in [1.165, 1.54) is 19.1 Å². The molecule has 1 aromatic heterocycles. The van der Waals surface area contributed by atoms with E-state index in [0.29, 0.717) is 5.56 Å². The first-order chi connectivity index (χ1) is 9.34. The molecule has 0 spiro atoms. The Morgan fingerprint density at radius 2 is 1.90 bits per heavy atom. The van der Waals surface area contributed by atoms with Gasteiger partial charge in [-0.3, -0.25) is 9.89 Å². The molecule has 0 saturated heterocycles. The summed E-state index contributed by atoms with van der Waals surface area (Å²) in [6, 6.07) is 4.36. The number of benzene rings is 1. The number of nitrogens with one attached hydrogen (secondary N) is 1. The molecule has 20 heavy (non-hydrogen) atoms. The molecule has 2 N–H and O–H groups in total. The number of rotatable bonds is 3. The number of carbonyl (C=O) groups excluding carboxylic acids is 1. The van der Waals surface area contributed by atoms with Crippen molar-refractivity contribution in [3.63, 3.8) is 0 Å². The third-order valence-corrected chi connectivity index (χ3v) is 2.86. The molecule has 0 aliphatic heterocycles. The number of ketones is 1. The zero-order chi connectivity index (χ0) is 14.9. The van der Waals surface area contributed by atoms with E-state index in [4.69, 9.17) is 0 Å². The molecule has 2 aromatic rings. The van der Waals surface area contributed by atoms with E-state index in [9.17, 15) is 23.1 Å². The zero-order valence-electron chi connectivity index (χ0n) is 10.5. The lowest BCUT2D eigenvalue weighted by atomic mass is 10.0. The van der Waals surface area contributed by atoms with Crippen LogP contribution >= 0.6 is 0 Å². The van der Waals surface area contributed by atoms with E-state index in [-0.39, 0.29) is 22.7 Å². The Hall–Kier alpha value is -2.15. The molecule has 0 radical (unpaired) electrons. The number of aliphatic hydroxyl groups is 1. The molecule has 4 nitrogen and oxygen atoms in total. The number of hydrogen-bond donors (Lipinski definition) is 2. The summed E-state index contributed by atoms with van der Waals surface area (Å²) >= 11 is 0. The van der Waals surface area contributed by atoms with Crippen LogP contribution in [0.1, 0.15) is 28.5 Å². The van der Waals surface area contributed by atoms with Crippen molar-refractivity contribution in [3.8, 4) is 11.3 Å². The van der Waals surface area contributed by atoms with Gasteiger partial charge < -0.3 is 5.11 Å². The first-order valence-electron chi connectivity index (χ1n) is 5.71. The third-order valence-electron chi connectivity index (χ3n) is 2.86. The highest BCUT2D eigenvalue weighted by Crippen LogP contribution is 2.31. The van der Waals surface area contributed by atoms with E-state index in [2.05, 4.69) is 10.2 Å². The number of aromatic nitrogens is 2. The van der Waals surface area contributed by atoms with Gasteiger partial charge >= 0.3 is 6.18 Å². The van der Waals surface area contributed by atoms with Gasteiger partial charge in [0, 0.05) is 18.1 Å². The summed E-state index contributed by atoms with van der Waals surface area (Å²) in [5.41, 5.74) is 0.325. The van der Waals surface area contributed by atoms with Crippen molar-refractivity contribution in [2.24, 2.45) is 0 Å². The highest BCUT2D eigenvalue weighted by atomic mass is 19.4. The third kappa shape index (κ3) is 2.57. The van der Waals surface area contributed by atoms with E-state index in [0.717, 1.165) is 12.1 Å². The second-order valence-corrected chi connectivity index (χ2v) is 4.22. The molecule has 0 bridgehead atoms. The van der Waals surface area contributed by atoms with Crippen LogP contribution in [-0.2, 0) is 12.8 Å². The fourth-order valence-electron chi connectivity index (χ4n) is 1.87. The number of hydrogen-bond acceptors (Lipinski definition) is 3. The Balaban J connectivity index is 2.45. The molecule has 0 amide bonds.